The van der Waals surface area contributed by atoms with E-state index in [-0.39, 0.29) is 11.7 Å². The lowest BCUT2D eigenvalue weighted by Gasteiger charge is -2.38. The van der Waals surface area contributed by atoms with Crippen molar-refractivity contribution in [3.05, 3.63) is 39.8 Å². The number of benzene rings is 1. The van der Waals surface area contributed by atoms with Crippen molar-refractivity contribution in [2.45, 2.75) is 57.1 Å². The molecule has 1 aliphatic heterocycles. The first-order valence-corrected chi connectivity index (χ1v) is 9.80. The Kier molecular flexibility index (Phi) is 5.00. The summed E-state index contributed by atoms with van der Waals surface area (Å²) in [5.74, 6) is 0.696. The van der Waals surface area contributed by atoms with Gasteiger partial charge >= 0.3 is 0 Å². The maximum absolute atomic E-state index is 11.9. The number of likely N-dealkylation sites (tertiary alicyclic amines) is 1. The number of H-pyrrole nitrogens is 1. The summed E-state index contributed by atoms with van der Waals surface area (Å²) in [6, 6.07) is 6.21. The van der Waals surface area contributed by atoms with Gasteiger partial charge in [-0.15, -0.1) is 0 Å². The van der Waals surface area contributed by atoms with Crippen LogP contribution in [0.3, 0.4) is 0 Å². The number of hydrogen-bond acceptors (Lipinski definition) is 3. The molecule has 2 aliphatic rings. The number of nitrogens with zero attached hydrogens (tertiary/aromatic N) is 1. The highest BCUT2D eigenvalue weighted by molar-refractivity contribution is 6.32. The number of aromatic amines is 1. The molecule has 2 aromatic rings. The standard InChI is InChI=1S/C20H25ClN2O2/c21-18-13-17-14(8-9-22-20(17)24)12-19(18)25-16-6-4-15(5-7-16)23-10-2-1-3-11-23/h8-9,12-13,15-16H,1-7,10-11H2,(H,22,24). The minimum atomic E-state index is -0.118. The van der Waals surface area contributed by atoms with Crippen molar-refractivity contribution in [3.8, 4) is 5.75 Å². The van der Waals surface area contributed by atoms with Gasteiger partial charge in [0, 0.05) is 17.6 Å². The molecule has 1 aromatic carbocycles. The molecule has 1 saturated heterocycles. The van der Waals surface area contributed by atoms with Crippen LogP contribution in [0.4, 0.5) is 0 Å². The monoisotopic (exact) mass is 360 g/mol. The van der Waals surface area contributed by atoms with Crippen molar-refractivity contribution in [3.63, 3.8) is 0 Å². The van der Waals surface area contributed by atoms with Crippen LogP contribution in [-0.2, 0) is 0 Å². The van der Waals surface area contributed by atoms with E-state index in [2.05, 4.69) is 9.88 Å². The Morgan fingerprint density at radius 3 is 2.60 bits per heavy atom. The average Bonchev–Trinajstić information content (AvgIpc) is 2.65. The first kappa shape index (κ1) is 16.9. The first-order valence-electron chi connectivity index (χ1n) is 9.42. The van der Waals surface area contributed by atoms with Gasteiger partial charge in [-0.05, 0) is 75.2 Å². The molecule has 0 atom stereocenters. The quantitative estimate of drug-likeness (QED) is 0.884. The molecule has 0 radical (unpaired) electrons. The summed E-state index contributed by atoms with van der Waals surface area (Å²) < 4.78 is 6.21. The molecule has 4 rings (SSSR count). The molecule has 2 heterocycles. The van der Waals surface area contributed by atoms with Gasteiger partial charge in [0.2, 0.25) is 0 Å². The van der Waals surface area contributed by atoms with Crippen LogP contribution < -0.4 is 10.3 Å². The maximum atomic E-state index is 11.9. The number of rotatable bonds is 3. The number of fused-ring (bicyclic) bond motifs is 1. The van der Waals surface area contributed by atoms with Crippen molar-refractivity contribution in [2.75, 3.05) is 13.1 Å². The predicted octanol–water partition coefficient (Wildman–Crippen LogP) is 4.36. The van der Waals surface area contributed by atoms with Crippen LogP contribution in [0.2, 0.25) is 5.02 Å². The fourth-order valence-corrected chi connectivity index (χ4v) is 4.48. The van der Waals surface area contributed by atoms with Gasteiger partial charge < -0.3 is 14.6 Å². The molecule has 0 spiro atoms. The van der Waals surface area contributed by atoms with Crippen LogP contribution >= 0.6 is 11.6 Å². The van der Waals surface area contributed by atoms with Gasteiger partial charge in [-0.3, -0.25) is 4.79 Å². The molecule has 1 aliphatic carbocycles. The van der Waals surface area contributed by atoms with Crippen molar-refractivity contribution >= 4 is 22.4 Å². The summed E-state index contributed by atoms with van der Waals surface area (Å²) in [5, 5.41) is 1.99. The highest BCUT2D eigenvalue weighted by Gasteiger charge is 2.27. The molecule has 0 amide bonds. The van der Waals surface area contributed by atoms with Gasteiger partial charge in [-0.1, -0.05) is 18.0 Å². The number of pyridine rings is 1. The van der Waals surface area contributed by atoms with Crippen LogP contribution in [0.15, 0.2) is 29.2 Å². The fraction of sp³-hybridized carbons (Fsp3) is 0.550. The zero-order valence-corrected chi connectivity index (χ0v) is 15.2. The number of aromatic nitrogens is 1. The molecule has 25 heavy (non-hydrogen) atoms. The Morgan fingerprint density at radius 2 is 1.84 bits per heavy atom. The second-order valence-corrected chi connectivity index (χ2v) is 7.73. The lowest BCUT2D eigenvalue weighted by atomic mass is 9.90. The normalized spacial score (nSPS) is 25.2. The lowest BCUT2D eigenvalue weighted by Crippen LogP contribution is -2.42. The second-order valence-electron chi connectivity index (χ2n) is 7.32. The van der Waals surface area contributed by atoms with Gasteiger partial charge in [-0.25, -0.2) is 0 Å². The Balaban J connectivity index is 1.42. The first-order chi connectivity index (χ1) is 12.2. The third-order valence-corrected chi connectivity index (χ3v) is 5.97. The third kappa shape index (κ3) is 3.70. The number of nitrogens with one attached hydrogen (secondary N) is 1. The minimum Gasteiger partial charge on any atom is -0.489 e. The minimum absolute atomic E-state index is 0.118. The SMILES string of the molecule is O=c1[nH]ccc2cc(OC3CCC(N4CCCCC4)CC3)c(Cl)cc12. The van der Waals surface area contributed by atoms with E-state index in [1.165, 1.54) is 45.2 Å². The molecular weight excluding hydrogens is 336 g/mol. The largest absolute Gasteiger partial charge is 0.489 e. The number of piperidine rings is 1. The van der Waals surface area contributed by atoms with Crippen LogP contribution in [0, 0.1) is 0 Å². The van der Waals surface area contributed by atoms with Crippen molar-refractivity contribution in [1.82, 2.24) is 9.88 Å². The van der Waals surface area contributed by atoms with Crippen molar-refractivity contribution in [1.29, 1.82) is 0 Å². The number of halogens is 1. The van der Waals surface area contributed by atoms with E-state index < -0.39 is 0 Å². The van der Waals surface area contributed by atoms with Crippen LogP contribution in [-0.4, -0.2) is 35.1 Å². The number of ether oxygens (including phenoxy) is 1. The summed E-state index contributed by atoms with van der Waals surface area (Å²) in [5.41, 5.74) is -0.118. The Bertz CT molecular complexity index is 790. The number of hydrogen-bond donors (Lipinski definition) is 1. The molecule has 4 nitrogen and oxygen atoms in total. The Morgan fingerprint density at radius 1 is 1.08 bits per heavy atom. The molecule has 1 aromatic heterocycles. The van der Waals surface area contributed by atoms with E-state index in [0.29, 0.717) is 16.2 Å². The van der Waals surface area contributed by atoms with E-state index in [9.17, 15) is 4.79 Å². The topological polar surface area (TPSA) is 45.3 Å². The molecule has 134 valence electrons. The molecule has 2 fully saturated rings. The summed E-state index contributed by atoms with van der Waals surface area (Å²) >= 11 is 6.36. The lowest BCUT2D eigenvalue weighted by molar-refractivity contribution is 0.0772. The van der Waals surface area contributed by atoms with Gasteiger partial charge in [0.05, 0.1) is 11.1 Å². The maximum Gasteiger partial charge on any atom is 0.255 e. The molecule has 1 saturated carbocycles. The van der Waals surface area contributed by atoms with E-state index in [1.807, 2.05) is 12.1 Å². The van der Waals surface area contributed by atoms with Crippen LogP contribution in [0.5, 0.6) is 5.75 Å². The van der Waals surface area contributed by atoms with E-state index in [1.54, 1.807) is 12.3 Å². The zero-order valence-electron chi connectivity index (χ0n) is 14.5. The Labute approximate surface area is 153 Å². The van der Waals surface area contributed by atoms with Crippen LogP contribution in [0.1, 0.15) is 44.9 Å². The van der Waals surface area contributed by atoms with Gasteiger partial charge in [0.1, 0.15) is 5.75 Å². The predicted molar refractivity (Wildman–Crippen MR) is 102 cm³/mol. The average molecular weight is 361 g/mol. The van der Waals surface area contributed by atoms with Gasteiger partial charge in [0.25, 0.3) is 5.56 Å². The van der Waals surface area contributed by atoms with Crippen molar-refractivity contribution in [2.24, 2.45) is 0 Å². The Hall–Kier alpha value is -1.52. The molecule has 5 heteroatoms. The van der Waals surface area contributed by atoms with Crippen molar-refractivity contribution < 1.29 is 4.74 Å². The highest BCUT2D eigenvalue weighted by atomic mass is 35.5. The molecular formula is C20H25ClN2O2. The molecule has 0 bridgehead atoms. The van der Waals surface area contributed by atoms with Gasteiger partial charge in [0.15, 0.2) is 0 Å². The summed E-state index contributed by atoms with van der Waals surface area (Å²) in [4.78, 5) is 17.2. The van der Waals surface area contributed by atoms with E-state index in [4.69, 9.17) is 16.3 Å². The summed E-state index contributed by atoms with van der Waals surface area (Å²) in [6.07, 6.45) is 10.5. The fourth-order valence-electron chi connectivity index (χ4n) is 4.27. The molecule has 1 N–H and O–H groups in total. The third-order valence-electron chi connectivity index (χ3n) is 5.67. The molecule has 0 unspecified atom stereocenters. The van der Waals surface area contributed by atoms with Crippen LogP contribution in [0.25, 0.3) is 10.8 Å². The summed E-state index contributed by atoms with van der Waals surface area (Å²) in [6.45, 7) is 2.53. The van der Waals surface area contributed by atoms with E-state index in [0.717, 1.165) is 24.3 Å². The zero-order chi connectivity index (χ0) is 17.2. The van der Waals surface area contributed by atoms with Gasteiger partial charge in [-0.2, -0.15) is 0 Å². The highest BCUT2D eigenvalue weighted by Crippen LogP contribution is 2.33. The second kappa shape index (κ2) is 7.38. The summed E-state index contributed by atoms with van der Waals surface area (Å²) in [7, 11) is 0. The van der Waals surface area contributed by atoms with E-state index >= 15 is 0 Å². The smallest absolute Gasteiger partial charge is 0.255 e.